The van der Waals surface area contributed by atoms with Gasteiger partial charge in [0.1, 0.15) is 23.1 Å². The SMILES string of the molecule is Cc1ccc(OCCN(C)C(=O)c2cccnc2SCc2c(C)noc2C)cc1. The fraction of sp³-hybridized carbons (Fsp3) is 0.318. The van der Waals surface area contributed by atoms with E-state index in [4.69, 9.17) is 9.26 Å². The maximum atomic E-state index is 12.9. The molecule has 152 valence electrons. The second-order valence-electron chi connectivity index (χ2n) is 6.84. The number of benzene rings is 1. The highest BCUT2D eigenvalue weighted by Crippen LogP contribution is 2.27. The van der Waals surface area contributed by atoms with E-state index < -0.39 is 0 Å². The van der Waals surface area contributed by atoms with Crippen molar-refractivity contribution in [1.29, 1.82) is 0 Å². The minimum absolute atomic E-state index is 0.0770. The highest BCUT2D eigenvalue weighted by atomic mass is 32.2. The molecule has 3 rings (SSSR count). The molecule has 0 radical (unpaired) electrons. The molecular formula is C22H25N3O3S. The number of ether oxygens (including phenoxy) is 1. The van der Waals surface area contributed by atoms with Gasteiger partial charge >= 0.3 is 0 Å². The van der Waals surface area contributed by atoms with Gasteiger partial charge in [-0.15, -0.1) is 11.8 Å². The van der Waals surface area contributed by atoms with Crippen LogP contribution in [0.3, 0.4) is 0 Å². The summed E-state index contributed by atoms with van der Waals surface area (Å²) in [7, 11) is 1.77. The van der Waals surface area contributed by atoms with Crippen LogP contribution in [0, 0.1) is 20.8 Å². The van der Waals surface area contributed by atoms with E-state index in [1.165, 1.54) is 17.3 Å². The molecular weight excluding hydrogens is 386 g/mol. The molecule has 29 heavy (non-hydrogen) atoms. The van der Waals surface area contributed by atoms with Gasteiger partial charge in [-0.25, -0.2) is 4.98 Å². The van der Waals surface area contributed by atoms with Crippen LogP contribution in [0.25, 0.3) is 0 Å². The number of carbonyl (C=O) groups is 1. The molecule has 6 nitrogen and oxygen atoms in total. The Morgan fingerprint density at radius 3 is 2.62 bits per heavy atom. The average Bonchev–Trinajstić information content (AvgIpc) is 3.05. The van der Waals surface area contributed by atoms with Gasteiger partial charge < -0.3 is 14.2 Å². The Balaban J connectivity index is 1.60. The largest absolute Gasteiger partial charge is 0.492 e. The van der Waals surface area contributed by atoms with Crippen LogP contribution in [0.1, 0.15) is 32.9 Å². The average molecular weight is 412 g/mol. The number of hydrogen-bond donors (Lipinski definition) is 0. The van der Waals surface area contributed by atoms with Crippen LogP contribution in [-0.4, -0.2) is 41.1 Å². The molecule has 0 saturated heterocycles. The summed E-state index contributed by atoms with van der Waals surface area (Å²) in [6, 6.07) is 11.5. The number of carbonyl (C=O) groups excluding carboxylic acids is 1. The number of amides is 1. The monoisotopic (exact) mass is 411 g/mol. The van der Waals surface area contributed by atoms with E-state index in [-0.39, 0.29) is 5.91 Å². The minimum Gasteiger partial charge on any atom is -0.492 e. The second kappa shape index (κ2) is 9.60. The summed E-state index contributed by atoms with van der Waals surface area (Å²) in [5, 5.41) is 4.68. The summed E-state index contributed by atoms with van der Waals surface area (Å²) in [5.74, 6) is 2.17. The normalized spacial score (nSPS) is 10.8. The molecule has 3 aromatic rings. The van der Waals surface area contributed by atoms with Gasteiger partial charge in [0.05, 0.1) is 17.8 Å². The van der Waals surface area contributed by atoms with E-state index in [1.807, 2.05) is 51.1 Å². The van der Waals surface area contributed by atoms with E-state index in [9.17, 15) is 4.79 Å². The molecule has 7 heteroatoms. The zero-order chi connectivity index (χ0) is 20.8. The van der Waals surface area contributed by atoms with Gasteiger partial charge in [0.25, 0.3) is 5.91 Å². The lowest BCUT2D eigenvalue weighted by molar-refractivity contribution is 0.0769. The number of likely N-dealkylation sites (N-methyl/N-ethyl adjacent to an activating group) is 1. The zero-order valence-corrected chi connectivity index (χ0v) is 18.0. The first-order valence-corrected chi connectivity index (χ1v) is 10.4. The second-order valence-corrected chi connectivity index (χ2v) is 7.80. The first-order valence-electron chi connectivity index (χ1n) is 9.40. The van der Waals surface area contributed by atoms with Crippen LogP contribution >= 0.6 is 11.8 Å². The standard InChI is InChI=1S/C22H25N3O3S/c1-15-7-9-18(10-8-15)27-13-12-25(4)22(26)19-6-5-11-23-21(19)29-14-20-16(2)24-28-17(20)3/h5-11H,12-14H2,1-4H3. The van der Waals surface area contributed by atoms with Gasteiger partial charge in [0.15, 0.2) is 0 Å². The maximum absolute atomic E-state index is 12.9. The molecule has 0 fully saturated rings. The summed E-state index contributed by atoms with van der Waals surface area (Å²) in [4.78, 5) is 19.0. The first kappa shape index (κ1) is 20.9. The Morgan fingerprint density at radius 2 is 1.93 bits per heavy atom. The fourth-order valence-electron chi connectivity index (χ4n) is 2.76. The quantitative estimate of drug-likeness (QED) is 0.511. The van der Waals surface area contributed by atoms with Crippen molar-refractivity contribution >= 4 is 17.7 Å². The fourth-order valence-corrected chi connectivity index (χ4v) is 3.90. The van der Waals surface area contributed by atoms with E-state index in [0.29, 0.717) is 29.5 Å². The Labute approximate surface area is 175 Å². The lowest BCUT2D eigenvalue weighted by atomic mass is 10.2. The molecule has 0 atom stereocenters. The molecule has 0 aliphatic heterocycles. The van der Waals surface area contributed by atoms with E-state index in [0.717, 1.165) is 22.8 Å². The summed E-state index contributed by atoms with van der Waals surface area (Å²) in [6.07, 6.45) is 1.70. The van der Waals surface area contributed by atoms with Gasteiger partial charge in [0.2, 0.25) is 0 Å². The Morgan fingerprint density at radius 1 is 1.17 bits per heavy atom. The molecule has 0 aliphatic carbocycles. The third kappa shape index (κ3) is 5.38. The van der Waals surface area contributed by atoms with Crippen molar-refractivity contribution in [2.75, 3.05) is 20.2 Å². The van der Waals surface area contributed by atoms with Gasteiger partial charge in [0, 0.05) is 24.6 Å². The molecule has 0 bridgehead atoms. The van der Waals surface area contributed by atoms with Crippen molar-refractivity contribution in [2.45, 2.75) is 31.6 Å². The maximum Gasteiger partial charge on any atom is 0.256 e. The topological polar surface area (TPSA) is 68.5 Å². The number of aromatic nitrogens is 2. The third-order valence-electron chi connectivity index (χ3n) is 4.60. The highest BCUT2D eigenvalue weighted by molar-refractivity contribution is 7.98. The summed E-state index contributed by atoms with van der Waals surface area (Å²) in [5.41, 5.74) is 3.67. The summed E-state index contributed by atoms with van der Waals surface area (Å²) < 4.78 is 11.0. The predicted molar refractivity (Wildman–Crippen MR) is 113 cm³/mol. The molecule has 2 aromatic heterocycles. The Kier molecular flexibility index (Phi) is 6.93. The molecule has 2 heterocycles. The minimum atomic E-state index is -0.0770. The molecule has 0 spiro atoms. The summed E-state index contributed by atoms with van der Waals surface area (Å²) in [6.45, 7) is 6.75. The van der Waals surface area contributed by atoms with Crippen LogP contribution in [0.15, 0.2) is 52.1 Å². The third-order valence-corrected chi connectivity index (χ3v) is 5.63. The molecule has 0 saturated carbocycles. The van der Waals surface area contributed by atoms with Crippen LogP contribution in [0.2, 0.25) is 0 Å². The van der Waals surface area contributed by atoms with Crippen LogP contribution in [-0.2, 0) is 5.75 Å². The van der Waals surface area contributed by atoms with Crippen molar-refractivity contribution in [3.05, 3.63) is 70.7 Å². The van der Waals surface area contributed by atoms with Crippen molar-refractivity contribution in [3.8, 4) is 5.75 Å². The van der Waals surface area contributed by atoms with E-state index >= 15 is 0 Å². The number of aryl methyl sites for hydroxylation is 3. The van der Waals surface area contributed by atoms with Crippen molar-refractivity contribution in [2.24, 2.45) is 0 Å². The molecule has 1 amide bonds. The Hall–Kier alpha value is -2.80. The number of rotatable bonds is 8. The van der Waals surface area contributed by atoms with Crippen LogP contribution in [0.4, 0.5) is 0 Å². The number of pyridine rings is 1. The van der Waals surface area contributed by atoms with Crippen LogP contribution in [0.5, 0.6) is 5.75 Å². The van der Waals surface area contributed by atoms with Crippen LogP contribution < -0.4 is 4.74 Å². The van der Waals surface area contributed by atoms with Gasteiger partial charge in [-0.05, 0) is 45.0 Å². The molecule has 0 unspecified atom stereocenters. The smallest absolute Gasteiger partial charge is 0.256 e. The highest BCUT2D eigenvalue weighted by Gasteiger charge is 2.18. The number of nitrogens with zero attached hydrogens (tertiary/aromatic N) is 3. The van der Waals surface area contributed by atoms with Crippen molar-refractivity contribution < 1.29 is 14.1 Å². The molecule has 0 N–H and O–H groups in total. The van der Waals surface area contributed by atoms with E-state index in [2.05, 4.69) is 10.1 Å². The lowest BCUT2D eigenvalue weighted by Crippen LogP contribution is -2.31. The van der Waals surface area contributed by atoms with Gasteiger partial charge in [-0.2, -0.15) is 0 Å². The predicted octanol–water partition coefficient (Wildman–Crippen LogP) is 4.44. The summed E-state index contributed by atoms with van der Waals surface area (Å²) >= 11 is 1.51. The van der Waals surface area contributed by atoms with Crippen molar-refractivity contribution in [3.63, 3.8) is 0 Å². The first-order chi connectivity index (χ1) is 14.0. The van der Waals surface area contributed by atoms with E-state index in [1.54, 1.807) is 24.2 Å². The van der Waals surface area contributed by atoms with Gasteiger partial charge in [-0.1, -0.05) is 22.9 Å². The van der Waals surface area contributed by atoms with Crippen molar-refractivity contribution in [1.82, 2.24) is 15.0 Å². The Bertz CT molecular complexity index is 950. The zero-order valence-electron chi connectivity index (χ0n) is 17.1. The van der Waals surface area contributed by atoms with Gasteiger partial charge in [-0.3, -0.25) is 4.79 Å². The lowest BCUT2D eigenvalue weighted by Gasteiger charge is -2.19. The number of hydrogen-bond acceptors (Lipinski definition) is 6. The molecule has 1 aromatic carbocycles. The molecule has 0 aliphatic rings. The number of thioether (sulfide) groups is 1.